The van der Waals surface area contributed by atoms with Crippen molar-refractivity contribution in [3.8, 4) is 0 Å². The zero-order chi connectivity index (χ0) is 46.8. The van der Waals surface area contributed by atoms with Crippen LogP contribution in [-0.4, -0.2) is 33.6 Å². The largest absolute Gasteiger partial charge is 0.364 e. The van der Waals surface area contributed by atoms with E-state index in [0.717, 1.165) is 44.9 Å². The first kappa shape index (κ1) is 44.8. The summed E-state index contributed by atoms with van der Waals surface area (Å²) in [5.74, 6) is 2.32. The van der Waals surface area contributed by atoms with Gasteiger partial charge in [0.05, 0.1) is 6.04 Å². The maximum absolute atomic E-state index is 4.17. The highest BCUT2D eigenvalue weighted by Gasteiger charge is 2.55. The number of piperidine rings is 1. The van der Waals surface area contributed by atoms with Gasteiger partial charge in [0.2, 0.25) is 0 Å². The third kappa shape index (κ3) is 7.96. The first-order valence-corrected chi connectivity index (χ1v) is 28.3. The maximum atomic E-state index is 4.17. The molecule has 1 aromatic rings. The molecule has 11 aliphatic carbocycles. The lowest BCUT2D eigenvalue weighted by Crippen LogP contribution is -2.62. The summed E-state index contributed by atoms with van der Waals surface area (Å²) in [6.45, 7) is 5.31. The number of nitrogens with zero attached hydrogens (tertiary/aromatic N) is 2. The number of nitrogens with one attached hydrogen (secondary N) is 1. The van der Waals surface area contributed by atoms with Gasteiger partial charge in [-0.3, -0.25) is 0 Å². The lowest BCUT2D eigenvalue weighted by atomic mass is 9.56. The standard InChI is InChI=1S/C67H77N3/c1-67(2)59-43-49(47-31-36-61(68-51-23-11-5-12-24-51)57(41-47)46-21-9-4-10-22-46)33-38-65(59)70(63-40-35-53(45-19-7-3-8-20-45)54-27-15-16-28-55(54)63)66-39-34-50(44-60(66)67)48-32-37-64-58(42-48)56-29-17-18-30-62(56)69(64)52-25-13-6-14-26-52/h3,5,7,11,15-16,18-19,21,25,27-28,30-31,34-37,39-44,48,51,54-55,57,59-61,65-66,68H,4,6,8-10,12-14,17,20,22-24,26,29,32-33,38H2,1-2H3. The number of allylic oxidation sites excluding steroid dienone is 21. The van der Waals surface area contributed by atoms with Crippen LogP contribution in [0.5, 0.6) is 0 Å². The van der Waals surface area contributed by atoms with Crippen LogP contribution >= 0.6 is 0 Å². The Balaban J connectivity index is 0.892. The maximum Gasteiger partial charge on any atom is 0.0545 e. The normalized spacial score (nSPS) is 34.6. The van der Waals surface area contributed by atoms with E-state index in [9.17, 15) is 0 Å². The summed E-state index contributed by atoms with van der Waals surface area (Å²) in [6.07, 6.45) is 82.4. The van der Waals surface area contributed by atoms with Crippen molar-refractivity contribution in [3.05, 3.63) is 189 Å². The number of hydrogen-bond donors (Lipinski definition) is 1. The second kappa shape index (κ2) is 18.8. The molecule has 1 aromatic heterocycles. The average Bonchev–Trinajstić information content (AvgIpc) is 3.75. The summed E-state index contributed by atoms with van der Waals surface area (Å²) >= 11 is 0. The predicted molar refractivity (Wildman–Crippen MR) is 294 cm³/mol. The van der Waals surface area contributed by atoms with Gasteiger partial charge in [0.25, 0.3) is 0 Å². The van der Waals surface area contributed by atoms with E-state index in [1.165, 1.54) is 121 Å². The molecule has 0 radical (unpaired) electrons. The molecule has 1 saturated heterocycles. The van der Waals surface area contributed by atoms with Gasteiger partial charge < -0.3 is 14.8 Å². The molecule has 0 saturated carbocycles. The third-order valence-corrected chi connectivity index (χ3v) is 19.3. The van der Waals surface area contributed by atoms with Crippen LogP contribution in [0.15, 0.2) is 167 Å². The minimum Gasteiger partial charge on any atom is -0.364 e. The number of likely N-dealkylation sites (tertiary alicyclic amines) is 1. The molecule has 10 unspecified atom stereocenters. The van der Waals surface area contributed by atoms with Crippen LogP contribution in [0.1, 0.15) is 134 Å². The van der Waals surface area contributed by atoms with E-state index in [4.69, 9.17) is 0 Å². The Kier molecular flexibility index (Phi) is 12.0. The number of aromatic nitrogens is 1. The monoisotopic (exact) mass is 924 g/mol. The topological polar surface area (TPSA) is 20.2 Å². The van der Waals surface area contributed by atoms with E-state index in [0.29, 0.717) is 59.7 Å². The molecule has 12 aliphatic rings. The highest BCUT2D eigenvalue weighted by atomic mass is 15.2. The summed E-state index contributed by atoms with van der Waals surface area (Å²) in [6, 6.07) is 1.69. The number of hydrogen-bond acceptors (Lipinski definition) is 2. The fourth-order valence-corrected chi connectivity index (χ4v) is 15.6. The zero-order valence-electron chi connectivity index (χ0n) is 42.3. The fourth-order valence-electron chi connectivity index (χ4n) is 15.6. The first-order valence-electron chi connectivity index (χ1n) is 28.3. The smallest absolute Gasteiger partial charge is 0.0545 e. The van der Waals surface area contributed by atoms with Gasteiger partial charge in [0.1, 0.15) is 0 Å². The van der Waals surface area contributed by atoms with Crippen molar-refractivity contribution in [1.82, 2.24) is 14.8 Å². The summed E-state index contributed by atoms with van der Waals surface area (Å²) in [5, 5.41) is 7.16. The molecule has 13 rings (SSSR count). The molecule has 0 bridgehead atoms. The highest BCUT2D eigenvalue weighted by Crippen LogP contribution is 2.57. The second-order valence-corrected chi connectivity index (χ2v) is 23.6. The van der Waals surface area contributed by atoms with Gasteiger partial charge in [-0.15, -0.1) is 0 Å². The molecular weight excluding hydrogens is 847 g/mol. The molecule has 3 heteroatoms. The zero-order valence-corrected chi connectivity index (χ0v) is 42.3. The highest BCUT2D eigenvalue weighted by molar-refractivity contribution is 5.66. The summed E-state index contributed by atoms with van der Waals surface area (Å²) in [4.78, 5) is 3.01. The summed E-state index contributed by atoms with van der Waals surface area (Å²) in [7, 11) is 0. The van der Waals surface area contributed by atoms with Gasteiger partial charge in [0.15, 0.2) is 0 Å². The van der Waals surface area contributed by atoms with Gasteiger partial charge in [-0.1, -0.05) is 153 Å². The Bertz CT molecular complexity index is 2900. The summed E-state index contributed by atoms with van der Waals surface area (Å²) in [5.41, 5.74) is 15.5. The molecule has 1 fully saturated rings. The molecule has 1 N–H and O–H groups in total. The molecule has 10 atom stereocenters. The van der Waals surface area contributed by atoms with Gasteiger partial charge in [0, 0.05) is 81.3 Å². The average molecular weight is 924 g/mol. The number of fused-ring (bicyclic) bond motifs is 6. The Morgan fingerprint density at radius 1 is 0.614 bits per heavy atom. The Morgan fingerprint density at radius 3 is 2.33 bits per heavy atom. The van der Waals surface area contributed by atoms with E-state index >= 15 is 0 Å². The van der Waals surface area contributed by atoms with E-state index in [1.54, 1.807) is 16.7 Å². The molecule has 1 aliphatic heterocycles. The van der Waals surface area contributed by atoms with Gasteiger partial charge in [-0.25, -0.2) is 0 Å². The third-order valence-electron chi connectivity index (χ3n) is 19.3. The molecule has 0 amide bonds. The van der Waals surface area contributed by atoms with Crippen LogP contribution in [0.25, 0.3) is 23.9 Å². The fraction of sp³-hybridized carbons (Fsp3) is 0.463. The van der Waals surface area contributed by atoms with Crippen molar-refractivity contribution in [2.75, 3.05) is 0 Å². The van der Waals surface area contributed by atoms with Crippen molar-refractivity contribution >= 4 is 23.9 Å². The lowest BCUT2D eigenvalue weighted by molar-refractivity contribution is -0.0306. The van der Waals surface area contributed by atoms with E-state index < -0.39 is 0 Å². The SMILES string of the molecule is CC1(C)C2C=C(C3C=c4c5c(n(C6=CCCCC6)c4=CC3)C=CCC5)C=CC2N(C2=CC=C(C3=CC=CCC3)C3C=CC=CC23)C2CCC(C3=CC(C4=CCCCC4)C(NC4CC=CCC4)C=C3)=CC21. The molecule has 0 spiro atoms. The van der Waals surface area contributed by atoms with E-state index in [1.807, 2.05) is 0 Å². The summed E-state index contributed by atoms with van der Waals surface area (Å²) < 4.78 is 2.67. The van der Waals surface area contributed by atoms with Gasteiger partial charge in [-0.05, 0) is 167 Å². The van der Waals surface area contributed by atoms with Crippen molar-refractivity contribution in [1.29, 1.82) is 0 Å². The minimum atomic E-state index is 0.0534. The molecule has 3 nitrogen and oxygen atoms in total. The number of rotatable bonds is 8. The second-order valence-electron chi connectivity index (χ2n) is 23.6. The van der Waals surface area contributed by atoms with Crippen LogP contribution in [0, 0.1) is 40.9 Å². The molecule has 0 aromatic carbocycles. The minimum absolute atomic E-state index is 0.0534. The van der Waals surface area contributed by atoms with Crippen LogP contribution in [0.3, 0.4) is 0 Å². The van der Waals surface area contributed by atoms with E-state index in [2.05, 4.69) is 174 Å². The van der Waals surface area contributed by atoms with Crippen LogP contribution in [0.2, 0.25) is 0 Å². The van der Waals surface area contributed by atoms with Gasteiger partial charge in [-0.2, -0.15) is 0 Å². The van der Waals surface area contributed by atoms with Crippen molar-refractivity contribution < 1.29 is 0 Å². The van der Waals surface area contributed by atoms with Crippen molar-refractivity contribution in [3.63, 3.8) is 0 Å². The van der Waals surface area contributed by atoms with Crippen LogP contribution in [-0.2, 0) is 6.42 Å². The Morgan fingerprint density at radius 2 is 1.50 bits per heavy atom. The Labute approximate surface area is 419 Å². The quantitative estimate of drug-likeness (QED) is 0.262. The molecule has 360 valence electrons. The Hall–Kier alpha value is -5.12. The molecular formula is C67H77N3. The lowest BCUT2D eigenvalue weighted by Gasteiger charge is -2.61. The van der Waals surface area contributed by atoms with E-state index in [-0.39, 0.29) is 5.41 Å². The predicted octanol–water partition coefficient (Wildman–Crippen LogP) is 14.1. The van der Waals surface area contributed by atoms with Crippen molar-refractivity contribution in [2.45, 2.75) is 154 Å². The van der Waals surface area contributed by atoms with Crippen LogP contribution < -0.4 is 15.9 Å². The van der Waals surface area contributed by atoms with Gasteiger partial charge >= 0.3 is 0 Å². The van der Waals surface area contributed by atoms with Crippen LogP contribution in [0.4, 0.5) is 0 Å². The van der Waals surface area contributed by atoms with Crippen molar-refractivity contribution in [2.24, 2.45) is 40.9 Å². The first-order chi connectivity index (χ1) is 34.5. The molecule has 2 heterocycles. The molecule has 70 heavy (non-hydrogen) atoms.